The number of hydrogen-bond acceptors (Lipinski definition) is 6. The largest absolute Gasteiger partial charge is 0.493 e. The normalized spacial score (nSPS) is 15.4. The maximum atomic E-state index is 13.7. The molecular formula is C26H28N2O6. The first-order valence-corrected chi connectivity index (χ1v) is 11.0. The Labute approximate surface area is 198 Å². The summed E-state index contributed by atoms with van der Waals surface area (Å²) in [6, 6.07) is 14.8. The molecule has 1 unspecified atom stereocenters. The number of anilines is 2. The number of nitrogens with zero attached hydrogens (tertiary/aromatic N) is 2. The fraction of sp³-hybridized carbons (Fsp3) is 0.308. The highest BCUT2D eigenvalue weighted by atomic mass is 16.5. The maximum absolute atomic E-state index is 13.7. The summed E-state index contributed by atoms with van der Waals surface area (Å²) in [6.45, 7) is 2.52. The van der Waals surface area contributed by atoms with Gasteiger partial charge in [-0.2, -0.15) is 0 Å². The predicted molar refractivity (Wildman–Crippen MR) is 128 cm³/mol. The molecule has 0 spiro atoms. The lowest BCUT2D eigenvalue weighted by atomic mass is 10.1. The lowest BCUT2D eigenvalue weighted by Crippen LogP contribution is -2.37. The zero-order chi connectivity index (χ0) is 24.2. The molecule has 34 heavy (non-hydrogen) atoms. The van der Waals surface area contributed by atoms with Crippen LogP contribution < -0.4 is 24.0 Å². The van der Waals surface area contributed by atoms with E-state index in [-0.39, 0.29) is 31.3 Å². The van der Waals surface area contributed by atoms with Crippen molar-refractivity contribution in [3.05, 3.63) is 66.1 Å². The molecule has 8 nitrogen and oxygen atoms in total. The van der Waals surface area contributed by atoms with Crippen molar-refractivity contribution in [3.63, 3.8) is 0 Å². The van der Waals surface area contributed by atoms with Crippen molar-refractivity contribution in [1.82, 2.24) is 0 Å². The van der Waals surface area contributed by atoms with E-state index in [1.165, 1.54) is 21.3 Å². The molecule has 2 aromatic carbocycles. The summed E-state index contributed by atoms with van der Waals surface area (Å²) in [7, 11) is 4.56. The predicted octanol–water partition coefficient (Wildman–Crippen LogP) is 4.20. The van der Waals surface area contributed by atoms with E-state index in [0.717, 1.165) is 11.3 Å². The summed E-state index contributed by atoms with van der Waals surface area (Å²) in [5.74, 6) is 1.20. The number of methoxy groups -OCH3 is 3. The van der Waals surface area contributed by atoms with E-state index in [1.54, 1.807) is 34.3 Å². The number of amides is 2. The number of rotatable bonds is 8. The van der Waals surface area contributed by atoms with E-state index in [0.29, 0.717) is 28.7 Å². The molecule has 0 saturated carbocycles. The third-order valence-corrected chi connectivity index (χ3v) is 5.94. The highest BCUT2D eigenvalue weighted by molar-refractivity contribution is 6.04. The van der Waals surface area contributed by atoms with Gasteiger partial charge < -0.3 is 28.4 Å². The van der Waals surface area contributed by atoms with Crippen LogP contribution in [0.5, 0.6) is 17.2 Å². The molecule has 0 aliphatic carbocycles. The van der Waals surface area contributed by atoms with Crippen molar-refractivity contribution >= 4 is 23.2 Å². The van der Waals surface area contributed by atoms with Crippen molar-refractivity contribution in [3.8, 4) is 17.2 Å². The van der Waals surface area contributed by atoms with Gasteiger partial charge in [-0.15, -0.1) is 0 Å². The van der Waals surface area contributed by atoms with Crippen molar-refractivity contribution in [2.45, 2.75) is 19.9 Å². The Morgan fingerprint density at radius 3 is 2.29 bits per heavy atom. The first kappa shape index (κ1) is 23.2. The highest BCUT2D eigenvalue weighted by Crippen LogP contribution is 2.42. The average molecular weight is 465 g/mol. The third-order valence-electron chi connectivity index (χ3n) is 5.94. The smallest absolute Gasteiger partial charge is 0.232 e. The molecule has 4 rings (SSSR count). The van der Waals surface area contributed by atoms with Gasteiger partial charge in [-0.1, -0.05) is 17.7 Å². The minimum absolute atomic E-state index is 0.107. The molecular weight excluding hydrogens is 436 g/mol. The van der Waals surface area contributed by atoms with Gasteiger partial charge in [-0.05, 0) is 31.2 Å². The van der Waals surface area contributed by atoms with Crippen LogP contribution in [-0.2, 0) is 16.1 Å². The van der Waals surface area contributed by atoms with Gasteiger partial charge in [0.2, 0.25) is 17.6 Å². The second-order valence-corrected chi connectivity index (χ2v) is 8.13. The molecule has 8 heteroatoms. The van der Waals surface area contributed by atoms with E-state index in [9.17, 15) is 9.59 Å². The van der Waals surface area contributed by atoms with Crippen molar-refractivity contribution in [2.24, 2.45) is 5.92 Å². The number of aryl methyl sites for hydroxylation is 1. The first-order chi connectivity index (χ1) is 16.4. The van der Waals surface area contributed by atoms with Crippen molar-refractivity contribution < 1.29 is 28.2 Å². The SMILES string of the molecule is COc1cc(N2CC(C(=O)N(Cc3ccco3)c3ccc(C)cc3)CC2=O)cc(OC)c1OC. The first-order valence-electron chi connectivity index (χ1n) is 11.0. The van der Waals surface area contributed by atoms with Gasteiger partial charge in [0, 0.05) is 30.8 Å². The van der Waals surface area contributed by atoms with E-state index in [1.807, 2.05) is 37.3 Å². The Kier molecular flexibility index (Phi) is 6.77. The highest BCUT2D eigenvalue weighted by Gasteiger charge is 2.38. The topological polar surface area (TPSA) is 81.5 Å². The van der Waals surface area contributed by atoms with Gasteiger partial charge in [0.1, 0.15) is 5.76 Å². The third kappa shape index (κ3) is 4.57. The Morgan fingerprint density at radius 2 is 1.74 bits per heavy atom. The molecule has 178 valence electrons. The molecule has 2 amide bonds. The van der Waals surface area contributed by atoms with Crippen LogP contribution >= 0.6 is 0 Å². The summed E-state index contributed by atoms with van der Waals surface area (Å²) in [5, 5.41) is 0. The van der Waals surface area contributed by atoms with E-state index < -0.39 is 5.92 Å². The van der Waals surface area contributed by atoms with Gasteiger partial charge in [0.15, 0.2) is 11.5 Å². The number of benzene rings is 2. The monoisotopic (exact) mass is 464 g/mol. The summed E-state index contributed by atoms with van der Waals surface area (Å²) in [5.41, 5.74) is 2.44. The summed E-state index contributed by atoms with van der Waals surface area (Å²) in [6.07, 6.45) is 1.69. The molecule has 1 saturated heterocycles. The summed E-state index contributed by atoms with van der Waals surface area (Å²) < 4.78 is 21.7. The van der Waals surface area contributed by atoms with Crippen LogP contribution in [0.15, 0.2) is 59.2 Å². The van der Waals surface area contributed by atoms with Crippen LogP contribution in [0.1, 0.15) is 17.7 Å². The van der Waals surface area contributed by atoms with E-state index in [2.05, 4.69) is 0 Å². The van der Waals surface area contributed by atoms with Gasteiger partial charge in [0.25, 0.3) is 0 Å². The van der Waals surface area contributed by atoms with Crippen molar-refractivity contribution in [2.75, 3.05) is 37.7 Å². The lowest BCUT2D eigenvalue weighted by Gasteiger charge is -2.25. The molecule has 0 radical (unpaired) electrons. The van der Waals surface area contributed by atoms with Gasteiger partial charge in [-0.25, -0.2) is 0 Å². The molecule has 3 aromatic rings. The quantitative estimate of drug-likeness (QED) is 0.497. The molecule has 1 aliphatic rings. The van der Waals surface area contributed by atoms with E-state index >= 15 is 0 Å². The van der Waals surface area contributed by atoms with Gasteiger partial charge in [-0.3, -0.25) is 9.59 Å². The fourth-order valence-corrected chi connectivity index (χ4v) is 4.15. The Bertz CT molecular complexity index is 1130. The fourth-order valence-electron chi connectivity index (χ4n) is 4.15. The minimum atomic E-state index is -0.511. The van der Waals surface area contributed by atoms with Crippen LogP contribution in [0.4, 0.5) is 11.4 Å². The molecule has 1 aliphatic heterocycles. The number of carbonyl (C=O) groups is 2. The number of ether oxygens (including phenoxy) is 3. The Morgan fingerprint density at radius 1 is 1.06 bits per heavy atom. The van der Waals surface area contributed by atoms with Gasteiger partial charge >= 0.3 is 0 Å². The van der Waals surface area contributed by atoms with Crippen LogP contribution in [0, 0.1) is 12.8 Å². The molecule has 0 bridgehead atoms. The zero-order valence-electron chi connectivity index (χ0n) is 19.7. The second kappa shape index (κ2) is 9.91. The molecule has 1 aromatic heterocycles. The minimum Gasteiger partial charge on any atom is -0.493 e. The van der Waals surface area contributed by atoms with Crippen LogP contribution in [0.25, 0.3) is 0 Å². The molecule has 2 heterocycles. The van der Waals surface area contributed by atoms with Crippen LogP contribution in [0.3, 0.4) is 0 Å². The van der Waals surface area contributed by atoms with Gasteiger partial charge in [0.05, 0.1) is 45.7 Å². The number of hydrogen-bond donors (Lipinski definition) is 0. The van der Waals surface area contributed by atoms with E-state index in [4.69, 9.17) is 18.6 Å². The Balaban J connectivity index is 1.61. The zero-order valence-corrected chi connectivity index (χ0v) is 19.7. The van der Waals surface area contributed by atoms with Crippen LogP contribution in [0.2, 0.25) is 0 Å². The summed E-state index contributed by atoms with van der Waals surface area (Å²) >= 11 is 0. The number of furan rings is 1. The second-order valence-electron chi connectivity index (χ2n) is 8.13. The molecule has 0 N–H and O–H groups in total. The maximum Gasteiger partial charge on any atom is 0.232 e. The molecule has 1 fully saturated rings. The number of carbonyl (C=O) groups excluding carboxylic acids is 2. The molecule has 1 atom stereocenters. The Hall–Kier alpha value is -3.94. The average Bonchev–Trinajstić information content (AvgIpc) is 3.51. The standard InChI is InChI=1S/C26H28N2O6/c1-17-7-9-19(10-8-17)28(16-21-6-5-11-34-21)26(30)18-12-24(29)27(15-18)20-13-22(31-2)25(33-4)23(14-20)32-3/h5-11,13-14,18H,12,15-16H2,1-4H3. The summed E-state index contributed by atoms with van der Waals surface area (Å²) in [4.78, 5) is 29.9. The lowest BCUT2D eigenvalue weighted by molar-refractivity contribution is -0.124. The van der Waals surface area contributed by atoms with Crippen LogP contribution in [-0.4, -0.2) is 39.7 Å². The van der Waals surface area contributed by atoms with Crippen molar-refractivity contribution in [1.29, 1.82) is 0 Å².